The van der Waals surface area contributed by atoms with E-state index in [1.165, 1.54) is 135 Å². The highest BCUT2D eigenvalue weighted by molar-refractivity contribution is 5.70. The Kier molecular flexibility index (Phi) is 55.5. The summed E-state index contributed by atoms with van der Waals surface area (Å²) in [5.41, 5.74) is 0. The molecule has 0 aromatic heterocycles. The molecule has 0 aromatic rings. The first-order valence-electron chi connectivity index (χ1n) is 31.4. The Morgan fingerprint density at radius 2 is 0.701 bits per heavy atom. The Morgan fingerprint density at radius 3 is 1.05 bits per heavy atom. The first-order valence-corrected chi connectivity index (χ1v) is 31.4. The number of carbonyl (C=O) groups is 3. The number of ether oxygens (including phenoxy) is 4. The zero-order valence-electron chi connectivity index (χ0n) is 50.3. The van der Waals surface area contributed by atoms with E-state index in [1.807, 2.05) is 21.1 Å². The highest BCUT2D eigenvalue weighted by atomic mass is 16.7. The van der Waals surface area contributed by atoms with Gasteiger partial charge in [-0.05, 0) is 89.9 Å². The van der Waals surface area contributed by atoms with Gasteiger partial charge in [0, 0.05) is 12.8 Å². The third kappa shape index (κ3) is 59.7. The fraction of sp³-hybridized carbons (Fsp3) is 0.721. The van der Waals surface area contributed by atoms with Gasteiger partial charge in [0.15, 0.2) is 12.4 Å². The van der Waals surface area contributed by atoms with Crippen LogP contribution >= 0.6 is 0 Å². The van der Waals surface area contributed by atoms with E-state index in [0.717, 1.165) is 83.5 Å². The molecule has 0 fully saturated rings. The molecule has 0 aromatic carbocycles. The van der Waals surface area contributed by atoms with Crippen molar-refractivity contribution in [3.63, 3.8) is 0 Å². The van der Waals surface area contributed by atoms with Crippen molar-refractivity contribution in [3.8, 4) is 0 Å². The van der Waals surface area contributed by atoms with Gasteiger partial charge < -0.3 is 33.3 Å². The molecule has 0 saturated heterocycles. The number of carbonyl (C=O) groups excluding carboxylic acids is 3. The van der Waals surface area contributed by atoms with Gasteiger partial charge in [-0.25, -0.2) is 0 Å². The Balaban J connectivity index is 3.98. The number of esters is 2. The summed E-state index contributed by atoms with van der Waals surface area (Å²) in [7, 11) is 5.91. The summed E-state index contributed by atoms with van der Waals surface area (Å²) in [6.07, 6.45) is 76.5. The number of nitrogens with zero attached hydrogens (tertiary/aromatic N) is 1. The molecule has 0 aliphatic rings. The highest BCUT2D eigenvalue weighted by Crippen LogP contribution is 2.17. The van der Waals surface area contributed by atoms with Crippen LogP contribution in [0.4, 0.5) is 0 Å². The summed E-state index contributed by atoms with van der Waals surface area (Å²) in [5.74, 6) is -2.32. The third-order valence-corrected chi connectivity index (χ3v) is 13.3. The van der Waals surface area contributed by atoms with E-state index < -0.39 is 24.3 Å². The molecule has 0 N–H and O–H groups in total. The van der Waals surface area contributed by atoms with Crippen molar-refractivity contribution < 1.29 is 42.9 Å². The molecule has 0 rings (SSSR count). The molecule has 0 radical (unpaired) electrons. The topological polar surface area (TPSA) is 111 Å². The van der Waals surface area contributed by atoms with Crippen LogP contribution in [0.2, 0.25) is 0 Å². The fourth-order valence-electron chi connectivity index (χ4n) is 8.58. The lowest BCUT2D eigenvalue weighted by molar-refractivity contribution is -0.870. The average molecular weight is 1080 g/mol. The summed E-state index contributed by atoms with van der Waals surface area (Å²) in [6.45, 7) is 4.49. The monoisotopic (exact) mass is 1080 g/mol. The molecular weight excluding hydrogens is 959 g/mol. The summed E-state index contributed by atoms with van der Waals surface area (Å²) < 4.78 is 22.6. The van der Waals surface area contributed by atoms with Gasteiger partial charge in [0.2, 0.25) is 0 Å². The first-order chi connectivity index (χ1) is 37.6. The van der Waals surface area contributed by atoms with Gasteiger partial charge in [-0.3, -0.25) is 9.59 Å². The Hall–Kier alpha value is -3.79. The maximum absolute atomic E-state index is 12.9. The van der Waals surface area contributed by atoms with Crippen molar-refractivity contribution in [2.24, 2.45) is 0 Å². The molecule has 0 bridgehead atoms. The quantitative estimate of drug-likeness (QED) is 0.0195. The highest BCUT2D eigenvalue weighted by Gasteiger charge is 2.22. The van der Waals surface area contributed by atoms with E-state index in [2.05, 4.69) is 111 Å². The number of carboxylic acids is 1. The van der Waals surface area contributed by atoms with Crippen molar-refractivity contribution >= 4 is 17.9 Å². The number of rotatable bonds is 57. The van der Waals surface area contributed by atoms with Gasteiger partial charge in [-0.15, -0.1) is 0 Å². The molecule has 0 saturated carbocycles. The molecule has 0 amide bonds. The number of aliphatic carboxylic acids is 1. The number of allylic oxidation sites excluding steroid dienone is 16. The largest absolute Gasteiger partial charge is 0.545 e. The number of hydrogen-bond acceptors (Lipinski definition) is 8. The van der Waals surface area contributed by atoms with Crippen LogP contribution in [0.3, 0.4) is 0 Å². The van der Waals surface area contributed by atoms with Crippen LogP contribution in [0.15, 0.2) is 97.2 Å². The Morgan fingerprint density at radius 1 is 0.390 bits per heavy atom. The zero-order valence-corrected chi connectivity index (χ0v) is 50.3. The number of likely N-dealkylation sites (N-methyl/N-ethyl adjacent to an activating group) is 1. The molecule has 0 aliphatic carbocycles. The summed E-state index contributed by atoms with van der Waals surface area (Å²) in [5, 5.41) is 11.8. The predicted octanol–water partition coefficient (Wildman–Crippen LogP) is 17.6. The lowest BCUT2D eigenvalue weighted by Crippen LogP contribution is -2.44. The summed E-state index contributed by atoms with van der Waals surface area (Å²) in [4.78, 5) is 37.2. The van der Waals surface area contributed by atoms with Gasteiger partial charge >= 0.3 is 11.9 Å². The Labute approximate surface area is 473 Å². The average Bonchev–Trinajstić information content (AvgIpc) is 3.40. The maximum Gasteiger partial charge on any atom is 0.306 e. The number of carboxylic acid groups (broad SMARTS) is 1. The molecule has 2 unspecified atom stereocenters. The third-order valence-electron chi connectivity index (χ3n) is 13.3. The molecule has 77 heavy (non-hydrogen) atoms. The molecule has 442 valence electrons. The lowest BCUT2D eigenvalue weighted by Gasteiger charge is -2.26. The van der Waals surface area contributed by atoms with E-state index in [4.69, 9.17) is 18.9 Å². The second kappa shape index (κ2) is 58.4. The van der Waals surface area contributed by atoms with Crippen molar-refractivity contribution in [2.75, 3.05) is 47.5 Å². The minimum absolute atomic E-state index is 0.141. The molecule has 0 heterocycles. The zero-order chi connectivity index (χ0) is 56.2. The van der Waals surface area contributed by atoms with Crippen LogP contribution in [0, 0.1) is 0 Å². The minimum atomic E-state index is -1.63. The van der Waals surface area contributed by atoms with E-state index in [-0.39, 0.29) is 38.6 Å². The van der Waals surface area contributed by atoms with Crippen LogP contribution < -0.4 is 5.11 Å². The Bertz CT molecular complexity index is 1580. The van der Waals surface area contributed by atoms with Crippen LogP contribution in [0.5, 0.6) is 0 Å². The van der Waals surface area contributed by atoms with Gasteiger partial charge in [-0.2, -0.15) is 0 Å². The second-order valence-corrected chi connectivity index (χ2v) is 21.9. The molecule has 2 atom stereocenters. The lowest BCUT2D eigenvalue weighted by atomic mass is 10.0. The van der Waals surface area contributed by atoms with Gasteiger partial charge in [0.25, 0.3) is 0 Å². The molecule has 0 aliphatic heterocycles. The van der Waals surface area contributed by atoms with Crippen molar-refractivity contribution in [1.82, 2.24) is 0 Å². The summed E-state index contributed by atoms with van der Waals surface area (Å²) in [6, 6.07) is 0. The number of unbranched alkanes of at least 4 members (excludes halogenated alkanes) is 26. The smallest absolute Gasteiger partial charge is 0.306 e. The normalized spacial score (nSPS) is 13.4. The molecule has 0 spiro atoms. The van der Waals surface area contributed by atoms with E-state index in [1.54, 1.807) is 0 Å². The van der Waals surface area contributed by atoms with Crippen LogP contribution in [0.1, 0.15) is 258 Å². The fourth-order valence-corrected chi connectivity index (χ4v) is 8.58. The first kappa shape index (κ1) is 73.2. The SMILES string of the molecule is CC/C=C\C/C=C\C/C=C\C/C=C\C/C=C\CCCCCCCCCCCCCCCCCCCCCCCCCC(=O)OC(COC(=O)CCCCC/C=C\C/C=C\C/C=C\CC)COC(OCC[N+](C)(C)C)C(=O)[O-]. The van der Waals surface area contributed by atoms with E-state index in [9.17, 15) is 19.5 Å². The van der Waals surface area contributed by atoms with Gasteiger partial charge in [0.1, 0.15) is 13.2 Å². The van der Waals surface area contributed by atoms with E-state index in [0.29, 0.717) is 23.9 Å². The van der Waals surface area contributed by atoms with Gasteiger partial charge in [0.05, 0.1) is 40.3 Å². The van der Waals surface area contributed by atoms with Crippen molar-refractivity contribution in [3.05, 3.63) is 97.2 Å². The molecule has 9 heteroatoms. The predicted molar refractivity (Wildman–Crippen MR) is 324 cm³/mol. The minimum Gasteiger partial charge on any atom is -0.545 e. The molecule has 9 nitrogen and oxygen atoms in total. The van der Waals surface area contributed by atoms with Gasteiger partial charge in [-0.1, -0.05) is 252 Å². The standard InChI is InChI=1S/C68H117NO8/c1-6-8-10-12-14-16-18-20-21-22-23-24-25-26-27-28-29-30-31-32-33-34-35-36-37-38-39-40-41-42-43-44-45-47-49-51-53-55-57-59-66(71)77-64(63-76-68(67(72)73)74-61-60-69(3,4)5)62-75-65(70)58-56-54-52-50-48-46-19-17-15-13-11-9-7-2/h8-11,14-17,20-21,23-24,26-27,46,48,64,68H,6-7,12-13,18-19,22,25,28-45,47,49-63H2,1-5H3/b10-8-,11-9-,16-14-,17-15-,21-20-,24-23-,27-26-,48-46-. The second-order valence-electron chi connectivity index (χ2n) is 21.9. The van der Waals surface area contributed by atoms with Crippen LogP contribution in [-0.4, -0.2) is 82.3 Å². The molecular formula is C68H117NO8. The van der Waals surface area contributed by atoms with Crippen LogP contribution in [-0.2, 0) is 33.3 Å². The van der Waals surface area contributed by atoms with Crippen molar-refractivity contribution in [2.45, 2.75) is 270 Å². The van der Waals surface area contributed by atoms with Crippen molar-refractivity contribution in [1.29, 1.82) is 0 Å². The van der Waals surface area contributed by atoms with E-state index >= 15 is 0 Å². The maximum atomic E-state index is 12.9. The number of quaternary nitrogens is 1. The van der Waals surface area contributed by atoms with Crippen LogP contribution in [0.25, 0.3) is 0 Å². The number of hydrogen-bond donors (Lipinski definition) is 0. The summed E-state index contributed by atoms with van der Waals surface area (Å²) >= 11 is 0.